The minimum absolute atomic E-state index is 0.497. The van der Waals surface area contributed by atoms with Gasteiger partial charge in [-0.15, -0.1) is 0 Å². The van der Waals surface area contributed by atoms with Gasteiger partial charge in [0.05, 0.1) is 16.8 Å². The van der Waals surface area contributed by atoms with Gasteiger partial charge in [-0.3, -0.25) is 0 Å². The van der Waals surface area contributed by atoms with Crippen LogP contribution in [0.15, 0.2) is 243 Å². The Labute approximate surface area is 389 Å². The van der Waals surface area contributed by atoms with Crippen molar-refractivity contribution >= 4 is 32.3 Å². The van der Waals surface area contributed by atoms with E-state index in [2.05, 4.69) is 224 Å². The molecule has 0 atom stereocenters. The Morgan fingerprint density at radius 3 is 1.36 bits per heavy atom. The van der Waals surface area contributed by atoms with Gasteiger partial charge in [0.25, 0.3) is 0 Å². The smallest absolute Gasteiger partial charge is 0.160 e. The molecule has 67 heavy (non-hydrogen) atoms. The number of benzene rings is 11. The number of nitrogens with zero attached hydrogens (tertiary/aromatic N) is 2. The van der Waals surface area contributed by atoms with Crippen LogP contribution >= 0.6 is 0 Å². The number of hydrogen-bond donors (Lipinski definition) is 0. The summed E-state index contributed by atoms with van der Waals surface area (Å²) in [5, 5.41) is 7.73. The number of hydrogen-bond acceptors (Lipinski definition) is 2. The highest BCUT2D eigenvalue weighted by atomic mass is 14.9. The van der Waals surface area contributed by atoms with Crippen molar-refractivity contribution in [2.24, 2.45) is 0 Å². The number of aromatic nitrogens is 2. The lowest BCUT2D eigenvalue weighted by Crippen LogP contribution is -2.26. The maximum Gasteiger partial charge on any atom is 0.160 e. The molecule has 14 rings (SSSR count). The SMILES string of the molecule is c1ccc(-c2ccc(-c3cc(-c4ccc(-c5ccc6c7c(ccc6c5)-c5c(c6ccccc6c6ccccc56)C75c6ccccc6-c6ccccc65)cc4)nc(-c4ccccc4)n3)cc2)cc1. The predicted octanol–water partition coefficient (Wildman–Crippen LogP) is 16.6. The molecule has 2 aliphatic rings. The van der Waals surface area contributed by atoms with E-state index in [0.29, 0.717) is 5.82 Å². The highest BCUT2D eigenvalue weighted by Crippen LogP contribution is 2.66. The summed E-state index contributed by atoms with van der Waals surface area (Å²) in [5.41, 5.74) is 19.9. The summed E-state index contributed by atoms with van der Waals surface area (Å²) in [5.74, 6) is 0.708. The Balaban J connectivity index is 0.910. The van der Waals surface area contributed by atoms with Crippen LogP contribution in [0.25, 0.3) is 111 Å². The molecule has 0 radical (unpaired) electrons. The maximum atomic E-state index is 5.15. The summed E-state index contributed by atoms with van der Waals surface area (Å²) in [6.45, 7) is 0. The lowest BCUT2D eigenvalue weighted by molar-refractivity contribution is 0.809. The molecule has 0 amide bonds. The van der Waals surface area contributed by atoms with E-state index in [-0.39, 0.29) is 0 Å². The van der Waals surface area contributed by atoms with E-state index in [4.69, 9.17) is 9.97 Å². The molecule has 2 nitrogen and oxygen atoms in total. The third-order valence-electron chi connectivity index (χ3n) is 14.5. The second kappa shape index (κ2) is 14.7. The van der Waals surface area contributed by atoms with Gasteiger partial charge in [0.15, 0.2) is 5.82 Å². The summed E-state index contributed by atoms with van der Waals surface area (Å²) < 4.78 is 0. The molecule has 2 heteroatoms. The van der Waals surface area contributed by atoms with E-state index in [1.807, 2.05) is 18.2 Å². The Bertz CT molecular complexity index is 3900. The van der Waals surface area contributed by atoms with Crippen LogP contribution in [0.5, 0.6) is 0 Å². The monoisotopic (exact) mass is 848 g/mol. The van der Waals surface area contributed by atoms with E-state index in [0.717, 1.165) is 33.6 Å². The Morgan fingerprint density at radius 1 is 0.269 bits per heavy atom. The van der Waals surface area contributed by atoms with Gasteiger partial charge in [0, 0.05) is 16.7 Å². The first kappa shape index (κ1) is 37.6. The van der Waals surface area contributed by atoms with Crippen molar-refractivity contribution in [1.29, 1.82) is 0 Å². The second-order valence-corrected chi connectivity index (χ2v) is 18.0. The van der Waals surface area contributed by atoms with Crippen molar-refractivity contribution in [1.82, 2.24) is 9.97 Å². The first-order valence-corrected chi connectivity index (χ1v) is 23.1. The average molecular weight is 849 g/mol. The van der Waals surface area contributed by atoms with Crippen LogP contribution < -0.4 is 0 Å². The summed E-state index contributed by atoms with van der Waals surface area (Å²) in [7, 11) is 0. The molecule has 1 heterocycles. The average Bonchev–Trinajstić information content (AvgIpc) is 3.89. The zero-order valence-electron chi connectivity index (χ0n) is 36.5. The molecule has 12 aromatic rings. The third-order valence-corrected chi connectivity index (χ3v) is 14.5. The first-order valence-electron chi connectivity index (χ1n) is 23.1. The van der Waals surface area contributed by atoms with Crippen molar-refractivity contribution < 1.29 is 0 Å². The van der Waals surface area contributed by atoms with Crippen LogP contribution in [0.1, 0.15) is 22.3 Å². The Kier molecular flexibility index (Phi) is 8.23. The van der Waals surface area contributed by atoms with Crippen LogP contribution in [0, 0.1) is 0 Å². The fourth-order valence-corrected chi connectivity index (χ4v) is 11.6. The van der Waals surface area contributed by atoms with Crippen LogP contribution in [0.2, 0.25) is 0 Å². The van der Waals surface area contributed by atoms with Gasteiger partial charge in [0.1, 0.15) is 0 Å². The van der Waals surface area contributed by atoms with Crippen molar-refractivity contribution in [3.63, 3.8) is 0 Å². The molecular weight excluding hydrogens is 809 g/mol. The standard InChI is InChI=1S/C65H40N2/c1-3-15-41(16-4-1)42-27-31-44(32-28-42)59-40-60(67-64(66-59)46-17-5-2-6-18-46)45-33-29-43(30-34-45)47-35-37-49-48(39-47)36-38-56-61-54-23-9-7-19-50(54)51-20-8-10-24-55(51)63(61)65(62(49)56)57-25-13-11-21-52(57)53-22-12-14-26-58(53)65/h1-40H. The highest BCUT2D eigenvalue weighted by molar-refractivity contribution is 6.21. The van der Waals surface area contributed by atoms with Gasteiger partial charge < -0.3 is 0 Å². The number of fused-ring (bicyclic) bond motifs is 17. The van der Waals surface area contributed by atoms with Gasteiger partial charge >= 0.3 is 0 Å². The van der Waals surface area contributed by atoms with Crippen molar-refractivity contribution in [2.45, 2.75) is 5.41 Å². The molecule has 0 aliphatic heterocycles. The fourth-order valence-electron chi connectivity index (χ4n) is 11.6. The summed E-state index contributed by atoms with van der Waals surface area (Å²) >= 11 is 0. The van der Waals surface area contributed by atoms with E-state index in [1.54, 1.807) is 0 Å². The van der Waals surface area contributed by atoms with Crippen molar-refractivity contribution in [3.05, 3.63) is 265 Å². The molecule has 1 aromatic heterocycles. The van der Waals surface area contributed by atoms with E-state index < -0.39 is 5.41 Å². The molecule has 0 fully saturated rings. The van der Waals surface area contributed by atoms with E-state index in [1.165, 1.54) is 93.5 Å². The van der Waals surface area contributed by atoms with Crippen LogP contribution in [0.4, 0.5) is 0 Å². The van der Waals surface area contributed by atoms with E-state index in [9.17, 15) is 0 Å². The number of rotatable bonds is 5. The first-order chi connectivity index (χ1) is 33.2. The molecule has 11 aromatic carbocycles. The van der Waals surface area contributed by atoms with Crippen molar-refractivity contribution in [3.8, 4) is 78.4 Å². The molecule has 2 aliphatic carbocycles. The predicted molar refractivity (Wildman–Crippen MR) is 278 cm³/mol. The molecule has 310 valence electrons. The largest absolute Gasteiger partial charge is 0.228 e. The van der Waals surface area contributed by atoms with Gasteiger partial charge in [-0.25, -0.2) is 9.97 Å². The summed E-state index contributed by atoms with van der Waals surface area (Å²) in [6, 6.07) is 88.7. The molecule has 1 spiro atoms. The molecule has 0 saturated heterocycles. The molecule has 0 saturated carbocycles. The minimum Gasteiger partial charge on any atom is -0.228 e. The van der Waals surface area contributed by atoms with Gasteiger partial charge in [-0.2, -0.15) is 0 Å². The lowest BCUT2D eigenvalue weighted by atomic mass is 9.68. The Hall–Kier alpha value is -8.72. The molecule has 0 unspecified atom stereocenters. The summed E-state index contributed by atoms with van der Waals surface area (Å²) in [4.78, 5) is 10.3. The Morgan fingerprint density at radius 2 is 0.731 bits per heavy atom. The van der Waals surface area contributed by atoms with Crippen LogP contribution in [-0.4, -0.2) is 9.97 Å². The quantitative estimate of drug-likeness (QED) is 0.161. The van der Waals surface area contributed by atoms with Gasteiger partial charge in [-0.1, -0.05) is 231 Å². The third kappa shape index (κ3) is 5.57. The fraction of sp³-hybridized carbons (Fsp3) is 0.0154. The van der Waals surface area contributed by atoms with Crippen LogP contribution in [0.3, 0.4) is 0 Å². The van der Waals surface area contributed by atoms with E-state index >= 15 is 0 Å². The lowest BCUT2D eigenvalue weighted by Gasteiger charge is -2.32. The van der Waals surface area contributed by atoms with Crippen molar-refractivity contribution in [2.75, 3.05) is 0 Å². The normalized spacial score (nSPS) is 12.9. The maximum absolute atomic E-state index is 5.15. The molecule has 0 N–H and O–H groups in total. The minimum atomic E-state index is -0.497. The summed E-state index contributed by atoms with van der Waals surface area (Å²) in [6.07, 6.45) is 0. The zero-order valence-corrected chi connectivity index (χ0v) is 36.5. The van der Waals surface area contributed by atoms with Gasteiger partial charge in [0.2, 0.25) is 0 Å². The second-order valence-electron chi connectivity index (χ2n) is 18.0. The molecular formula is C65H40N2. The molecule has 0 bridgehead atoms. The van der Waals surface area contributed by atoms with Crippen LogP contribution in [-0.2, 0) is 5.41 Å². The topological polar surface area (TPSA) is 25.8 Å². The zero-order chi connectivity index (χ0) is 44.1. The highest BCUT2D eigenvalue weighted by Gasteiger charge is 2.53. The van der Waals surface area contributed by atoms with Gasteiger partial charge in [-0.05, 0) is 111 Å².